The predicted molar refractivity (Wildman–Crippen MR) is 93.6 cm³/mol. The van der Waals surface area contributed by atoms with Crippen LogP contribution in [0.25, 0.3) is 22.3 Å². The average molecular weight is 315 g/mol. The number of hydrogen-bond acceptors (Lipinski definition) is 6. The summed E-state index contributed by atoms with van der Waals surface area (Å²) in [7, 11) is 0. The minimum Gasteiger partial charge on any atom is -0.382 e. The highest BCUT2D eigenvalue weighted by Crippen LogP contribution is 2.22. The van der Waals surface area contributed by atoms with Gasteiger partial charge in [-0.15, -0.1) is 0 Å². The molecule has 4 N–H and O–H groups in total. The number of fused-ring (bicyclic) bond motifs is 1. The molecule has 0 saturated heterocycles. The second-order valence-corrected chi connectivity index (χ2v) is 4.92. The molecule has 0 aliphatic heterocycles. The van der Waals surface area contributed by atoms with Crippen LogP contribution in [0.2, 0.25) is 0 Å². The molecule has 7 heteroatoms. The summed E-state index contributed by atoms with van der Waals surface area (Å²) in [6, 6.07) is 16.8. The van der Waals surface area contributed by atoms with Crippen molar-refractivity contribution in [2.45, 2.75) is 0 Å². The fraction of sp³-hybridized carbons (Fsp3) is 0. The van der Waals surface area contributed by atoms with E-state index in [-0.39, 0.29) is 11.5 Å². The first-order valence-electron chi connectivity index (χ1n) is 7.08. The Morgan fingerprint density at radius 1 is 1.17 bits per heavy atom. The number of benzene rings is 2. The van der Waals surface area contributed by atoms with Gasteiger partial charge in [-0.3, -0.25) is 15.8 Å². The highest BCUT2D eigenvalue weighted by atomic mass is 15.3. The first-order chi connectivity index (χ1) is 11.7. The van der Waals surface area contributed by atoms with E-state index in [1.165, 1.54) is 0 Å². The SMILES string of the molecule is N#C/C(=N\Nc1cccc(-c2cnc3ccccc3n2)c1)C(=N)N. The fourth-order valence-electron chi connectivity index (χ4n) is 2.11. The fourth-order valence-corrected chi connectivity index (χ4v) is 2.11. The van der Waals surface area contributed by atoms with Gasteiger partial charge in [-0.25, -0.2) is 4.98 Å². The van der Waals surface area contributed by atoms with Crippen LogP contribution >= 0.6 is 0 Å². The maximum atomic E-state index is 8.85. The zero-order chi connectivity index (χ0) is 16.9. The Bertz CT molecular complexity index is 985. The first kappa shape index (κ1) is 15.1. The Balaban J connectivity index is 1.92. The van der Waals surface area contributed by atoms with Gasteiger partial charge in [0.25, 0.3) is 0 Å². The van der Waals surface area contributed by atoms with Gasteiger partial charge in [0.15, 0.2) is 5.84 Å². The molecule has 0 bridgehead atoms. The predicted octanol–water partition coefficient (Wildman–Crippen LogP) is 2.52. The number of hydrogen-bond donors (Lipinski definition) is 3. The minimum absolute atomic E-state index is 0.175. The topological polar surface area (TPSA) is 124 Å². The van der Waals surface area contributed by atoms with Crippen molar-refractivity contribution in [3.63, 3.8) is 0 Å². The number of hydrazone groups is 1. The maximum Gasteiger partial charge on any atom is 0.201 e. The Morgan fingerprint density at radius 3 is 2.71 bits per heavy atom. The van der Waals surface area contributed by atoms with E-state index in [0.29, 0.717) is 5.69 Å². The number of anilines is 1. The molecular weight excluding hydrogens is 302 g/mol. The van der Waals surface area contributed by atoms with Crippen LogP contribution in [0.3, 0.4) is 0 Å². The van der Waals surface area contributed by atoms with Crippen molar-refractivity contribution in [2.24, 2.45) is 10.8 Å². The summed E-state index contributed by atoms with van der Waals surface area (Å²) >= 11 is 0. The minimum atomic E-state index is -0.387. The van der Waals surface area contributed by atoms with E-state index in [2.05, 4.69) is 20.5 Å². The van der Waals surface area contributed by atoms with Gasteiger partial charge >= 0.3 is 0 Å². The number of amidine groups is 1. The molecule has 1 heterocycles. The van der Waals surface area contributed by atoms with E-state index in [0.717, 1.165) is 22.3 Å². The van der Waals surface area contributed by atoms with Crippen LogP contribution in [0.15, 0.2) is 59.8 Å². The van der Waals surface area contributed by atoms with Gasteiger partial charge in [-0.05, 0) is 24.3 Å². The van der Waals surface area contributed by atoms with Gasteiger partial charge < -0.3 is 5.73 Å². The highest BCUT2D eigenvalue weighted by Gasteiger charge is 2.04. The molecule has 0 aliphatic rings. The van der Waals surface area contributed by atoms with E-state index < -0.39 is 0 Å². The van der Waals surface area contributed by atoms with Gasteiger partial charge in [0.1, 0.15) is 6.07 Å². The van der Waals surface area contributed by atoms with Crippen LogP contribution in [-0.2, 0) is 0 Å². The highest BCUT2D eigenvalue weighted by molar-refractivity contribution is 6.45. The lowest BCUT2D eigenvalue weighted by molar-refractivity contribution is 1.29. The molecule has 0 radical (unpaired) electrons. The third-order valence-corrected chi connectivity index (χ3v) is 3.26. The number of aromatic nitrogens is 2. The van der Waals surface area contributed by atoms with Crippen LogP contribution in [0, 0.1) is 16.7 Å². The van der Waals surface area contributed by atoms with E-state index in [4.69, 9.17) is 16.4 Å². The molecule has 0 atom stereocenters. The molecule has 24 heavy (non-hydrogen) atoms. The van der Waals surface area contributed by atoms with E-state index >= 15 is 0 Å². The molecule has 3 aromatic rings. The lowest BCUT2D eigenvalue weighted by Gasteiger charge is -2.06. The molecule has 0 unspecified atom stereocenters. The number of rotatable bonds is 4. The zero-order valence-electron chi connectivity index (χ0n) is 12.6. The zero-order valence-corrected chi connectivity index (χ0v) is 12.6. The molecule has 0 fully saturated rings. The molecule has 0 saturated carbocycles. The molecule has 2 aromatic carbocycles. The van der Waals surface area contributed by atoms with E-state index in [1.807, 2.05) is 42.5 Å². The van der Waals surface area contributed by atoms with Crippen molar-refractivity contribution < 1.29 is 0 Å². The summed E-state index contributed by atoms with van der Waals surface area (Å²) in [5.41, 5.74) is 11.7. The molecule has 0 amide bonds. The number of para-hydroxylation sites is 2. The van der Waals surface area contributed by atoms with Crippen molar-refractivity contribution in [2.75, 3.05) is 5.43 Å². The summed E-state index contributed by atoms with van der Waals surface area (Å²) in [6.45, 7) is 0. The smallest absolute Gasteiger partial charge is 0.201 e. The largest absolute Gasteiger partial charge is 0.382 e. The standard InChI is InChI=1S/C17H13N7/c18-9-15(17(19)20)24-23-12-5-3-4-11(8-12)16-10-21-13-6-1-2-7-14(13)22-16/h1-8,10,23H,(H3,19,20)/b24-15+. The van der Waals surface area contributed by atoms with Crippen molar-refractivity contribution in [3.8, 4) is 17.3 Å². The third-order valence-electron chi connectivity index (χ3n) is 3.26. The average Bonchev–Trinajstić information content (AvgIpc) is 2.62. The second-order valence-electron chi connectivity index (χ2n) is 4.92. The lowest BCUT2D eigenvalue weighted by atomic mass is 10.1. The van der Waals surface area contributed by atoms with Gasteiger partial charge in [-0.1, -0.05) is 24.3 Å². The maximum absolute atomic E-state index is 8.85. The summed E-state index contributed by atoms with van der Waals surface area (Å²) in [5.74, 6) is -0.387. The Labute approximate surface area is 138 Å². The number of nitrogens with zero attached hydrogens (tertiary/aromatic N) is 4. The lowest BCUT2D eigenvalue weighted by Crippen LogP contribution is -2.21. The number of nitrogens with one attached hydrogen (secondary N) is 2. The normalized spacial score (nSPS) is 11.0. The Kier molecular flexibility index (Phi) is 4.12. The first-order valence-corrected chi connectivity index (χ1v) is 7.08. The molecule has 0 aliphatic carbocycles. The van der Waals surface area contributed by atoms with Gasteiger partial charge in [-0.2, -0.15) is 10.4 Å². The van der Waals surface area contributed by atoms with Gasteiger partial charge in [0.2, 0.25) is 5.71 Å². The van der Waals surface area contributed by atoms with Gasteiger partial charge in [0, 0.05) is 5.56 Å². The van der Waals surface area contributed by atoms with E-state index in [9.17, 15) is 0 Å². The third kappa shape index (κ3) is 3.18. The molecule has 7 nitrogen and oxygen atoms in total. The van der Waals surface area contributed by atoms with Crippen LogP contribution < -0.4 is 11.2 Å². The van der Waals surface area contributed by atoms with Crippen molar-refractivity contribution in [1.82, 2.24) is 9.97 Å². The van der Waals surface area contributed by atoms with Crippen LogP contribution in [-0.4, -0.2) is 21.5 Å². The van der Waals surface area contributed by atoms with Crippen molar-refractivity contribution >= 4 is 28.3 Å². The molecule has 1 aromatic heterocycles. The summed E-state index contributed by atoms with van der Waals surface area (Å²) in [5, 5.41) is 19.9. The van der Waals surface area contributed by atoms with E-state index in [1.54, 1.807) is 18.3 Å². The van der Waals surface area contributed by atoms with Crippen LogP contribution in [0.1, 0.15) is 0 Å². The van der Waals surface area contributed by atoms with Crippen molar-refractivity contribution in [1.29, 1.82) is 10.7 Å². The summed E-state index contributed by atoms with van der Waals surface area (Å²) in [6.07, 6.45) is 1.71. The molecule has 0 spiro atoms. The monoisotopic (exact) mass is 315 g/mol. The van der Waals surface area contributed by atoms with Crippen LogP contribution in [0.4, 0.5) is 5.69 Å². The molecule has 3 rings (SSSR count). The summed E-state index contributed by atoms with van der Waals surface area (Å²) < 4.78 is 0. The Hall–Kier alpha value is -3.79. The van der Waals surface area contributed by atoms with Crippen molar-refractivity contribution in [3.05, 3.63) is 54.7 Å². The van der Waals surface area contributed by atoms with Gasteiger partial charge in [0.05, 0.1) is 28.6 Å². The Morgan fingerprint density at radius 2 is 1.96 bits per heavy atom. The van der Waals surface area contributed by atoms with Crippen LogP contribution in [0.5, 0.6) is 0 Å². The number of nitrogens with two attached hydrogens (primary N) is 1. The second kappa shape index (κ2) is 6.54. The number of nitriles is 1. The summed E-state index contributed by atoms with van der Waals surface area (Å²) in [4.78, 5) is 8.99. The quantitative estimate of drug-likeness (QED) is 0.387. The molecule has 116 valence electrons. The molecular formula is C17H13N7.